The number of nitrogens with one attached hydrogen (secondary N) is 2. The third kappa shape index (κ3) is 6.13. The normalized spacial score (nSPS) is 19.0. The van der Waals surface area contributed by atoms with Gasteiger partial charge in [0.25, 0.3) is 0 Å². The largest absolute Gasteiger partial charge is 0.497 e. The Morgan fingerprint density at radius 1 is 1.36 bits per heavy atom. The van der Waals surface area contributed by atoms with Crippen molar-refractivity contribution in [1.82, 2.24) is 10.2 Å². The summed E-state index contributed by atoms with van der Waals surface area (Å²) in [6.45, 7) is 2.26. The van der Waals surface area contributed by atoms with Crippen molar-refractivity contribution < 1.29 is 18.1 Å². The number of likely N-dealkylation sites (N-methyl/N-ethyl adjacent to an activating group) is 1. The highest BCUT2D eigenvalue weighted by atomic mass is 32.2. The van der Waals surface area contributed by atoms with Gasteiger partial charge in [0.1, 0.15) is 5.75 Å². The maximum Gasteiger partial charge on any atom is 0.169 e. The molecule has 0 saturated carbocycles. The lowest BCUT2D eigenvalue weighted by Gasteiger charge is -2.31. The van der Waals surface area contributed by atoms with Gasteiger partial charge in [-0.25, -0.2) is 8.42 Å². The van der Waals surface area contributed by atoms with Crippen LogP contribution in [0.3, 0.4) is 0 Å². The van der Waals surface area contributed by atoms with Gasteiger partial charge < -0.3 is 19.9 Å². The summed E-state index contributed by atoms with van der Waals surface area (Å²) in [5.41, 5.74) is 1.10. The van der Waals surface area contributed by atoms with Gasteiger partial charge in [-0.3, -0.25) is 0 Å². The van der Waals surface area contributed by atoms with Gasteiger partial charge in [-0.2, -0.15) is 0 Å². The fraction of sp³-hybridized carbons (Fsp3) is 0.588. The highest BCUT2D eigenvalue weighted by molar-refractivity contribution is 7.91. The lowest BCUT2D eigenvalue weighted by Crippen LogP contribution is -3.06. The van der Waals surface area contributed by atoms with Crippen LogP contribution in [0.25, 0.3) is 0 Å². The molecule has 0 aromatic heterocycles. The molecular formula is C17H28N3O3S2+. The number of rotatable bonds is 7. The monoisotopic (exact) mass is 386 g/mol. The van der Waals surface area contributed by atoms with E-state index < -0.39 is 9.84 Å². The Morgan fingerprint density at radius 3 is 2.56 bits per heavy atom. The van der Waals surface area contributed by atoms with E-state index in [1.165, 1.54) is 4.90 Å². The van der Waals surface area contributed by atoms with E-state index in [9.17, 15) is 8.42 Å². The quantitative estimate of drug-likeness (QED) is 0.628. The molecule has 0 spiro atoms. The summed E-state index contributed by atoms with van der Waals surface area (Å²) in [6, 6.07) is 7.78. The first-order valence-electron chi connectivity index (χ1n) is 8.47. The number of benzene rings is 1. The Balaban J connectivity index is 1.98. The van der Waals surface area contributed by atoms with Crippen LogP contribution in [0.2, 0.25) is 0 Å². The number of hydrogen-bond acceptors (Lipinski definition) is 4. The van der Waals surface area contributed by atoms with Crippen molar-refractivity contribution in [2.24, 2.45) is 0 Å². The van der Waals surface area contributed by atoms with Crippen molar-refractivity contribution in [3.63, 3.8) is 0 Å². The average molecular weight is 387 g/mol. The number of quaternary nitrogens is 1. The van der Waals surface area contributed by atoms with Crippen LogP contribution in [0.5, 0.6) is 5.75 Å². The molecule has 0 bridgehead atoms. The maximum atomic E-state index is 11.8. The molecule has 8 heteroatoms. The molecule has 1 atom stereocenters. The minimum atomic E-state index is -2.94. The second-order valence-electron chi connectivity index (χ2n) is 6.71. The van der Waals surface area contributed by atoms with Crippen LogP contribution in [-0.2, 0) is 16.4 Å². The molecule has 1 aliphatic heterocycles. The van der Waals surface area contributed by atoms with Crippen molar-refractivity contribution in [3.8, 4) is 5.75 Å². The smallest absolute Gasteiger partial charge is 0.169 e. The van der Waals surface area contributed by atoms with Crippen LogP contribution < -0.4 is 15.0 Å². The van der Waals surface area contributed by atoms with E-state index in [2.05, 4.69) is 24.3 Å². The lowest BCUT2D eigenvalue weighted by molar-refractivity contribution is -0.857. The van der Waals surface area contributed by atoms with E-state index in [4.69, 9.17) is 17.0 Å². The van der Waals surface area contributed by atoms with Crippen molar-refractivity contribution >= 4 is 27.2 Å². The summed E-state index contributed by atoms with van der Waals surface area (Å²) in [4.78, 5) is 3.36. The highest BCUT2D eigenvalue weighted by Crippen LogP contribution is 2.18. The molecule has 1 aromatic carbocycles. The molecular weight excluding hydrogens is 358 g/mol. The molecule has 1 heterocycles. The summed E-state index contributed by atoms with van der Waals surface area (Å²) in [7, 11) is 2.87. The van der Waals surface area contributed by atoms with Crippen LogP contribution in [0.15, 0.2) is 24.3 Å². The first kappa shape index (κ1) is 19.9. The number of methoxy groups -OCH3 is 1. The Hall–Kier alpha value is -1.38. The van der Waals surface area contributed by atoms with Crippen molar-refractivity contribution in [2.75, 3.05) is 45.8 Å². The molecule has 1 aromatic rings. The van der Waals surface area contributed by atoms with Crippen LogP contribution in [0.1, 0.15) is 12.0 Å². The fourth-order valence-corrected chi connectivity index (χ4v) is 4.88. The Labute approximate surface area is 156 Å². The molecule has 140 valence electrons. The molecule has 1 saturated heterocycles. The maximum absolute atomic E-state index is 11.8. The second-order valence-corrected chi connectivity index (χ2v) is 9.33. The van der Waals surface area contributed by atoms with Gasteiger partial charge >= 0.3 is 0 Å². The van der Waals surface area contributed by atoms with E-state index >= 15 is 0 Å². The first-order valence-corrected chi connectivity index (χ1v) is 10.7. The SMILES string of the molecule is COc1ccc(CNC(=S)N(CC[NH+](C)C)[C@H]2CCS(=O)(=O)C2)cc1. The van der Waals surface area contributed by atoms with E-state index in [0.29, 0.717) is 18.1 Å². The lowest BCUT2D eigenvalue weighted by atomic mass is 10.2. The van der Waals surface area contributed by atoms with E-state index in [0.717, 1.165) is 24.4 Å². The van der Waals surface area contributed by atoms with Crippen molar-refractivity contribution in [3.05, 3.63) is 29.8 Å². The number of ether oxygens (including phenoxy) is 1. The van der Waals surface area contributed by atoms with E-state index in [1.807, 2.05) is 24.3 Å². The van der Waals surface area contributed by atoms with Gasteiger partial charge in [0.15, 0.2) is 14.9 Å². The number of hydrogen-bond donors (Lipinski definition) is 2. The molecule has 1 aliphatic rings. The topological polar surface area (TPSA) is 63.1 Å². The summed E-state index contributed by atoms with van der Waals surface area (Å²) in [5, 5.41) is 3.90. The molecule has 0 radical (unpaired) electrons. The fourth-order valence-electron chi connectivity index (χ4n) is 2.84. The third-order valence-electron chi connectivity index (χ3n) is 4.37. The molecule has 0 unspecified atom stereocenters. The average Bonchev–Trinajstić information content (AvgIpc) is 2.93. The molecule has 2 N–H and O–H groups in total. The Bertz CT molecular complexity index is 675. The van der Waals surface area contributed by atoms with Crippen LogP contribution in [0, 0.1) is 0 Å². The first-order chi connectivity index (χ1) is 11.8. The van der Waals surface area contributed by atoms with Crippen LogP contribution in [-0.4, -0.2) is 70.3 Å². The number of thiocarbonyl (C=S) groups is 1. The van der Waals surface area contributed by atoms with Crippen LogP contribution in [0.4, 0.5) is 0 Å². The Morgan fingerprint density at radius 2 is 2.04 bits per heavy atom. The summed E-state index contributed by atoms with van der Waals surface area (Å²) < 4.78 is 28.8. The van der Waals surface area contributed by atoms with Gasteiger partial charge in [-0.05, 0) is 36.3 Å². The molecule has 25 heavy (non-hydrogen) atoms. The highest BCUT2D eigenvalue weighted by Gasteiger charge is 2.33. The summed E-state index contributed by atoms with van der Waals surface area (Å²) in [5.74, 6) is 1.27. The van der Waals surface area contributed by atoms with E-state index in [-0.39, 0.29) is 17.5 Å². The van der Waals surface area contributed by atoms with Gasteiger partial charge in [0.2, 0.25) is 0 Å². The minimum absolute atomic E-state index is 0.0276. The zero-order valence-electron chi connectivity index (χ0n) is 15.1. The van der Waals surface area contributed by atoms with Gasteiger partial charge in [-0.1, -0.05) is 12.1 Å². The van der Waals surface area contributed by atoms with E-state index in [1.54, 1.807) is 7.11 Å². The third-order valence-corrected chi connectivity index (χ3v) is 6.49. The molecule has 1 fully saturated rings. The van der Waals surface area contributed by atoms with Crippen molar-refractivity contribution in [1.29, 1.82) is 0 Å². The second kappa shape index (κ2) is 8.82. The molecule has 2 rings (SSSR count). The summed E-state index contributed by atoms with van der Waals surface area (Å²) in [6.07, 6.45) is 0.648. The minimum Gasteiger partial charge on any atom is -0.497 e. The van der Waals surface area contributed by atoms with Crippen molar-refractivity contribution in [2.45, 2.75) is 19.0 Å². The number of nitrogens with zero attached hydrogens (tertiary/aromatic N) is 1. The zero-order chi connectivity index (χ0) is 18.4. The zero-order valence-corrected chi connectivity index (χ0v) is 16.8. The predicted octanol–water partition coefficient (Wildman–Crippen LogP) is -0.297. The predicted molar refractivity (Wildman–Crippen MR) is 104 cm³/mol. The molecule has 6 nitrogen and oxygen atoms in total. The molecule has 0 aliphatic carbocycles. The van der Waals surface area contributed by atoms with Gasteiger partial charge in [-0.15, -0.1) is 0 Å². The molecule has 0 amide bonds. The Kier molecular flexibility index (Phi) is 7.04. The van der Waals surface area contributed by atoms with Gasteiger partial charge in [0.05, 0.1) is 45.8 Å². The van der Waals surface area contributed by atoms with Crippen LogP contribution >= 0.6 is 12.2 Å². The standard InChI is InChI=1S/C17H27N3O3S2/c1-19(2)9-10-20(15-8-11-25(21,22)13-15)17(24)18-12-14-4-6-16(23-3)7-5-14/h4-7,15H,8-13H2,1-3H3,(H,18,24)/p+1/t15-/m0/s1. The van der Waals surface area contributed by atoms with Gasteiger partial charge in [0, 0.05) is 12.6 Å². The number of sulfone groups is 1. The summed E-state index contributed by atoms with van der Waals surface area (Å²) >= 11 is 5.57.